The van der Waals surface area contributed by atoms with Crippen LogP contribution in [-0.4, -0.2) is 29.7 Å². The Labute approximate surface area is 130 Å². The predicted octanol–water partition coefficient (Wildman–Crippen LogP) is 2.98. The van der Waals surface area contributed by atoms with E-state index in [9.17, 15) is 27.2 Å². The number of nitrogens with one attached hydrogen (secondary N) is 1. The van der Waals surface area contributed by atoms with Gasteiger partial charge in [0, 0.05) is 6.54 Å². The fraction of sp³-hybridized carbons (Fsp3) is 0.333. The number of hydrogen-bond acceptors (Lipinski definition) is 2. The molecule has 0 aliphatic carbocycles. The standard InChI is InChI=1S/C12H9BrF4N2O3/c13-5-1-2-7(8(9(5)14)12(15,16)17)19-4-3-6(10(19)20)18-11(21)22/h1-2,6,18H,3-4H2,(H,21,22). The van der Waals surface area contributed by atoms with Crippen LogP contribution in [0.2, 0.25) is 0 Å². The highest BCUT2D eigenvalue weighted by Crippen LogP contribution is 2.41. The van der Waals surface area contributed by atoms with Crippen LogP contribution >= 0.6 is 15.9 Å². The van der Waals surface area contributed by atoms with E-state index in [1.54, 1.807) is 0 Å². The van der Waals surface area contributed by atoms with Gasteiger partial charge in [0.15, 0.2) is 5.82 Å². The van der Waals surface area contributed by atoms with Crippen LogP contribution in [0.4, 0.5) is 28.0 Å². The van der Waals surface area contributed by atoms with Crippen molar-refractivity contribution in [3.63, 3.8) is 0 Å². The van der Waals surface area contributed by atoms with E-state index in [2.05, 4.69) is 15.9 Å². The monoisotopic (exact) mass is 384 g/mol. The van der Waals surface area contributed by atoms with Crippen LogP contribution in [-0.2, 0) is 11.0 Å². The summed E-state index contributed by atoms with van der Waals surface area (Å²) in [5, 5.41) is 10.5. The van der Waals surface area contributed by atoms with E-state index in [0.717, 1.165) is 17.0 Å². The van der Waals surface area contributed by atoms with Gasteiger partial charge in [0.2, 0.25) is 5.91 Å². The molecule has 0 bridgehead atoms. The second-order valence-corrected chi connectivity index (χ2v) is 5.39. The zero-order valence-electron chi connectivity index (χ0n) is 10.7. The summed E-state index contributed by atoms with van der Waals surface area (Å²) >= 11 is 2.67. The summed E-state index contributed by atoms with van der Waals surface area (Å²) in [6.07, 6.45) is -6.46. The van der Waals surface area contributed by atoms with Gasteiger partial charge in [-0.1, -0.05) is 0 Å². The number of alkyl halides is 3. The molecule has 0 saturated carbocycles. The van der Waals surface area contributed by atoms with Crippen molar-refractivity contribution in [2.24, 2.45) is 0 Å². The number of nitrogens with zero attached hydrogens (tertiary/aromatic N) is 1. The molecule has 0 spiro atoms. The summed E-state index contributed by atoms with van der Waals surface area (Å²) < 4.78 is 52.7. The van der Waals surface area contributed by atoms with Crippen molar-refractivity contribution in [3.8, 4) is 0 Å². The molecule has 1 aliphatic rings. The summed E-state index contributed by atoms with van der Waals surface area (Å²) in [4.78, 5) is 23.3. The molecule has 2 N–H and O–H groups in total. The average Bonchev–Trinajstić information content (AvgIpc) is 2.72. The summed E-state index contributed by atoms with van der Waals surface area (Å²) in [6, 6.07) is 0.882. The van der Waals surface area contributed by atoms with Crippen LogP contribution in [0.3, 0.4) is 0 Å². The molecule has 1 heterocycles. The first-order valence-corrected chi connectivity index (χ1v) is 6.78. The number of anilines is 1. The van der Waals surface area contributed by atoms with Crippen LogP contribution in [0.15, 0.2) is 16.6 Å². The number of carboxylic acid groups (broad SMARTS) is 1. The zero-order valence-corrected chi connectivity index (χ0v) is 12.3. The largest absolute Gasteiger partial charge is 0.465 e. The summed E-state index contributed by atoms with van der Waals surface area (Å²) in [5.74, 6) is -2.37. The van der Waals surface area contributed by atoms with E-state index < -0.39 is 41.3 Å². The summed E-state index contributed by atoms with van der Waals surface area (Å²) in [7, 11) is 0. The lowest BCUT2D eigenvalue weighted by Gasteiger charge is -2.22. The van der Waals surface area contributed by atoms with E-state index >= 15 is 0 Å². The molecule has 2 rings (SSSR count). The van der Waals surface area contributed by atoms with Crippen LogP contribution in [0, 0.1) is 5.82 Å². The SMILES string of the molecule is O=C(O)NC1CCN(c2ccc(Br)c(F)c2C(F)(F)F)C1=O. The smallest absolute Gasteiger partial charge is 0.421 e. The van der Waals surface area contributed by atoms with Crippen LogP contribution in [0.25, 0.3) is 0 Å². The van der Waals surface area contributed by atoms with Crippen LogP contribution in [0.5, 0.6) is 0 Å². The van der Waals surface area contributed by atoms with Crippen molar-refractivity contribution in [1.29, 1.82) is 0 Å². The van der Waals surface area contributed by atoms with Gasteiger partial charge in [-0.25, -0.2) is 9.18 Å². The Morgan fingerprint density at radius 3 is 2.59 bits per heavy atom. The lowest BCUT2D eigenvalue weighted by Crippen LogP contribution is -2.41. The Morgan fingerprint density at radius 1 is 1.41 bits per heavy atom. The number of hydrogen-bond donors (Lipinski definition) is 2. The Bertz CT molecular complexity index is 636. The molecule has 10 heteroatoms. The molecule has 0 aromatic heterocycles. The minimum atomic E-state index is -5.00. The van der Waals surface area contributed by atoms with Crippen LogP contribution in [0.1, 0.15) is 12.0 Å². The van der Waals surface area contributed by atoms with E-state index in [0.29, 0.717) is 0 Å². The number of carbonyl (C=O) groups excluding carboxylic acids is 1. The Kier molecular flexibility index (Phi) is 4.32. The molecule has 1 aromatic rings. The predicted molar refractivity (Wildman–Crippen MR) is 71.0 cm³/mol. The highest BCUT2D eigenvalue weighted by molar-refractivity contribution is 9.10. The van der Waals surface area contributed by atoms with E-state index in [-0.39, 0.29) is 17.4 Å². The van der Waals surface area contributed by atoms with E-state index in [1.807, 2.05) is 5.32 Å². The maximum Gasteiger partial charge on any atom is 0.421 e. The summed E-state index contributed by atoms with van der Waals surface area (Å²) in [6.45, 7) is -0.145. The van der Waals surface area contributed by atoms with Gasteiger partial charge in [-0.2, -0.15) is 13.2 Å². The molecule has 2 amide bonds. The molecule has 1 atom stereocenters. The van der Waals surface area contributed by atoms with Gasteiger partial charge in [-0.15, -0.1) is 0 Å². The molecular weight excluding hydrogens is 376 g/mol. The number of carbonyl (C=O) groups is 2. The van der Waals surface area contributed by atoms with Crippen molar-refractivity contribution in [2.45, 2.75) is 18.6 Å². The third kappa shape index (κ3) is 3.01. The van der Waals surface area contributed by atoms with Gasteiger partial charge in [-0.3, -0.25) is 4.79 Å². The summed E-state index contributed by atoms with van der Waals surface area (Å²) in [5.41, 5.74) is -2.20. The Morgan fingerprint density at radius 2 is 2.05 bits per heavy atom. The topological polar surface area (TPSA) is 69.6 Å². The Balaban J connectivity index is 2.44. The van der Waals surface area contributed by atoms with E-state index in [1.165, 1.54) is 0 Å². The van der Waals surface area contributed by atoms with Crippen molar-refractivity contribution in [2.75, 3.05) is 11.4 Å². The maximum absolute atomic E-state index is 13.8. The normalized spacial score (nSPS) is 18.7. The maximum atomic E-state index is 13.8. The highest BCUT2D eigenvalue weighted by atomic mass is 79.9. The van der Waals surface area contributed by atoms with Gasteiger partial charge in [0.05, 0.1) is 10.2 Å². The first-order chi connectivity index (χ1) is 10.1. The molecule has 1 saturated heterocycles. The van der Waals surface area contributed by atoms with Crippen molar-refractivity contribution >= 4 is 33.6 Å². The van der Waals surface area contributed by atoms with Crippen molar-refractivity contribution in [3.05, 3.63) is 28.0 Å². The zero-order chi connectivity index (χ0) is 16.7. The first-order valence-electron chi connectivity index (χ1n) is 5.99. The van der Waals surface area contributed by atoms with Gasteiger partial charge < -0.3 is 15.3 Å². The van der Waals surface area contributed by atoms with Gasteiger partial charge in [-0.05, 0) is 34.5 Å². The van der Waals surface area contributed by atoms with Crippen LogP contribution < -0.4 is 10.2 Å². The number of halogens is 5. The van der Waals surface area contributed by atoms with E-state index in [4.69, 9.17) is 5.11 Å². The van der Waals surface area contributed by atoms with Crippen molar-refractivity contribution < 1.29 is 32.3 Å². The number of benzene rings is 1. The highest BCUT2D eigenvalue weighted by Gasteiger charge is 2.43. The van der Waals surface area contributed by atoms with Gasteiger partial charge in [0.25, 0.3) is 0 Å². The van der Waals surface area contributed by atoms with Gasteiger partial charge >= 0.3 is 12.3 Å². The minimum Gasteiger partial charge on any atom is -0.465 e. The number of amides is 2. The van der Waals surface area contributed by atoms with Crippen molar-refractivity contribution in [1.82, 2.24) is 5.32 Å². The lowest BCUT2D eigenvalue weighted by molar-refractivity contribution is -0.139. The fourth-order valence-electron chi connectivity index (χ4n) is 2.24. The molecule has 1 aromatic carbocycles. The molecule has 1 fully saturated rings. The van der Waals surface area contributed by atoms with Gasteiger partial charge in [0.1, 0.15) is 11.6 Å². The second kappa shape index (κ2) is 5.75. The second-order valence-electron chi connectivity index (χ2n) is 4.53. The minimum absolute atomic E-state index is 0.000113. The lowest BCUT2D eigenvalue weighted by atomic mass is 10.1. The average molecular weight is 385 g/mol. The molecular formula is C12H9BrF4N2O3. The molecule has 5 nitrogen and oxygen atoms in total. The third-order valence-electron chi connectivity index (χ3n) is 3.15. The molecule has 120 valence electrons. The Hall–Kier alpha value is -1.84. The fourth-order valence-corrected chi connectivity index (χ4v) is 2.57. The molecule has 22 heavy (non-hydrogen) atoms. The molecule has 0 radical (unpaired) electrons. The first kappa shape index (κ1) is 16.5. The third-order valence-corrected chi connectivity index (χ3v) is 3.76. The molecule has 1 unspecified atom stereocenters. The quantitative estimate of drug-likeness (QED) is 0.770. The molecule has 1 aliphatic heterocycles. The number of rotatable bonds is 2.